The fourth-order valence-electron chi connectivity index (χ4n) is 2.81. The molecule has 4 rings (SSSR count). The third-order valence-corrected chi connectivity index (χ3v) is 4.63. The summed E-state index contributed by atoms with van der Waals surface area (Å²) < 4.78 is 0. The summed E-state index contributed by atoms with van der Waals surface area (Å²) in [5.74, 6) is -0.340. The molecule has 3 aromatic carbocycles. The van der Waals surface area contributed by atoms with Crippen molar-refractivity contribution in [2.24, 2.45) is 0 Å². The van der Waals surface area contributed by atoms with Crippen LogP contribution in [0.15, 0.2) is 66.7 Å². The molecule has 1 heterocycles. The number of aromatic nitrogens is 2. The van der Waals surface area contributed by atoms with Crippen LogP contribution in [0.3, 0.4) is 0 Å². The van der Waals surface area contributed by atoms with Gasteiger partial charge in [-0.2, -0.15) is 5.10 Å². The monoisotopic (exact) mass is 381 g/mol. The third-order valence-electron chi connectivity index (χ3n) is 4.06. The molecule has 6 heteroatoms. The van der Waals surface area contributed by atoms with Crippen LogP contribution in [0.2, 0.25) is 10.0 Å². The Morgan fingerprint density at radius 3 is 2.65 bits per heavy atom. The van der Waals surface area contributed by atoms with E-state index in [0.29, 0.717) is 27.1 Å². The number of halogens is 2. The highest BCUT2D eigenvalue weighted by Crippen LogP contribution is 2.29. The van der Waals surface area contributed by atoms with Crippen molar-refractivity contribution in [2.75, 3.05) is 5.32 Å². The van der Waals surface area contributed by atoms with Crippen molar-refractivity contribution in [1.82, 2.24) is 10.2 Å². The van der Waals surface area contributed by atoms with Gasteiger partial charge in [0.15, 0.2) is 0 Å². The predicted octanol–water partition coefficient (Wildman–Crippen LogP) is 5.79. The number of carbonyl (C=O) groups is 1. The molecule has 0 aliphatic carbocycles. The number of anilines is 1. The second kappa shape index (κ2) is 6.83. The maximum Gasteiger partial charge on any atom is 0.273 e. The number of benzene rings is 3. The van der Waals surface area contributed by atoms with Gasteiger partial charge >= 0.3 is 0 Å². The number of amides is 1. The number of nitrogens with one attached hydrogen (secondary N) is 2. The SMILES string of the molecule is O=C(Nc1cc(Cl)ccc1Cl)c1cc(-c2cccc3ccccc23)n[nH]1. The van der Waals surface area contributed by atoms with Gasteiger partial charge in [0.25, 0.3) is 5.91 Å². The lowest BCUT2D eigenvalue weighted by atomic mass is 10.0. The summed E-state index contributed by atoms with van der Waals surface area (Å²) in [6.45, 7) is 0. The summed E-state index contributed by atoms with van der Waals surface area (Å²) >= 11 is 12.1. The van der Waals surface area contributed by atoms with E-state index in [-0.39, 0.29) is 5.91 Å². The molecule has 0 radical (unpaired) electrons. The minimum atomic E-state index is -0.340. The number of carbonyl (C=O) groups excluding carboxylic acids is 1. The first kappa shape index (κ1) is 16.6. The fraction of sp³-hybridized carbons (Fsp3) is 0. The van der Waals surface area contributed by atoms with E-state index >= 15 is 0 Å². The Morgan fingerprint density at radius 1 is 0.962 bits per heavy atom. The number of H-pyrrole nitrogens is 1. The molecule has 1 amide bonds. The molecule has 128 valence electrons. The van der Waals surface area contributed by atoms with Gasteiger partial charge in [0.1, 0.15) is 5.69 Å². The average Bonchev–Trinajstić information content (AvgIpc) is 3.14. The molecule has 0 spiro atoms. The van der Waals surface area contributed by atoms with Gasteiger partial charge in [-0.15, -0.1) is 0 Å². The first-order valence-corrected chi connectivity index (χ1v) is 8.67. The normalized spacial score (nSPS) is 10.8. The zero-order valence-corrected chi connectivity index (χ0v) is 15.0. The summed E-state index contributed by atoms with van der Waals surface area (Å²) in [6, 6.07) is 20.6. The highest BCUT2D eigenvalue weighted by atomic mass is 35.5. The standard InChI is InChI=1S/C20H13Cl2N3O/c21-13-8-9-16(22)18(10-13)23-20(26)19-11-17(24-25-19)15-7-3-5-12-4-1-2-6-14(12)15/h1-11H,(H,23,26)(H,24,25). The number of hydrogen-bond acceptors (Lipinski definition) is 2. The molecule has 0 saturated carbocycles. The number of aromatic amines is 1. The Hall–Kier alpha value is -2.82. The molecule has 4 nitrogen and oxygen atoms in total. The summed E-state index contributed by atoms with van der Waals surface area (Å²) in [5, 5.41) is 12.9. The predicted molar refractivity (Wildman–Crippen MR) is 106 cm³/mol. The lowest BCUT2D eigenvalue weighted by Crippen LogP contribution is -2.12. The van der Waals surface area contributed by atoms with Gasteiger partial charge in [-0.05, 0) is 35.0 Å². The van der Waals surface area contributed by atoms with E-state index in [1.54, 1.807) is 24.3 Å². The number of rotatable bonds is 3. The molecule has 0 unspecified atom stereocenters. The van der Waals surface area contributed by atoms with Crippen LogP contribution in [0.25, 0.3) is 22.0 Å². The molecular weight excluding hydrogens is 369 g/mol. The zero-order chi connectivity index (χ0) is 18.1. The molecular formula is C20H13Cl2N3O. The Balaban J connectivity index is 1.65. The third kappa shape index (κ3) is 3.17. The molecule has 0 atom stereocenters. The minimum Gasteiger partial charge on any atom is -0.319 e. The molecule has 1 aromatic heterocycles. The lowest BCUT2D eigenvalue weighted by molar-refractivity contribution is 0.102. The summed E-state index contributed by atoms with van der Waals surface area (Å²) in [5.41, 5.74) is 2.44. The highest BCUT2D eigenvalue weighted by molar-refractivity contribution is 6.35. The van der Waals surface area contributed by atoms with Crippen molar-refractivity contribution in [2.45, 2.75) is 0 Å². The first-order valence-electron chi connectivity index (χ1n) is 7.92. The Labute approximate surface area is 159 Å². The molecule has 26 heavy (non-hydrogen) atoms. The second-order valence-corrected chi connectivity index (χ2v) is 6.62. The van der Waals surface area contributed by atoms with Crippen molar-refractivity contribution in [3.8, 4) is 11.3 Å². The van der Waals surface area contributed by atoms with Gasteiger partial charge in [-0.25, -0.2) is 0 Å². The van der Waals surface area contributed by atoms with Crippen LogP contribution < -0.4 is 5.32 Å². The quantitative estimate of drug-likeness (QED) is 0.471. The number of nitrogens with zero attached hydrogens (tertiary/aromatic N) is 1. The summed E-state index contributed by atoms with van der Waals surface area (Å²) in [7, 11) is 0. The molecule has 4 aromatic rings. The van der Waals surface area contributed by atoms with Crippen molar-refractivity contribution in [1.29, 1.82) is 0 Å². The van der Waals surface area contributed by atoms with Crippen LogP contribution in [-0.2, 0) is 0 Å². The zero-order valence-electron chi connectivity index (χ0n) is 13.5. The Morgan fingerprint density at radius 2 is 1.77 bits per heavy atom. The van der Waals surface area contributed by atoms with Gasteiger partial charge in [0.05, 0.1) is 16.4 Å². The molecule has 0 aliphatic heterocycles. The lowest BCUT2D eigenvalue weighted by Gasteiger charge is -2.06. The van der Waals surface area contributed by atoms with E-state index in [4.69, 9.17) is 23.2 Å². The second-order valence-electron chi connectivity index (χ2n) is 5.77. The van der Waals surface area contributed by atoms with Crippen LogP contribution in [0.5, 0.6) is 0 Å². The van der Waals surface area contributed by atoms with E-state index in [9.17, 15) is 4.79 Å². The molecule has 0 bridgehead atoms. The van der Waals surface area contributed by atoms with Crippen molar-refractivity contribution in [3.63, 3.8) is 0 Å². The van der Waals surface area contributed by atoms with Crippen LogP contribution in [0, 0.1) is 0 Å². The van der Waals surface area contributed by atoms with E-state index in [1.807, 2.05) is 42.5 Å². The van der Waals surface area contributed by atoms with E-state index < -0.39 is 0 Å². The van der Waals surface area contributed by atoms with Crippen LogP contribution in [0.1, 0.15) is 10.5 Å². The Bertz CT molecular complexity index is 1120. The van der Waals surface area contributed by atoms with Gasteiger partial charge in [0, 0.05) is 10.6 Å². The topological polar surface area (TPSA) is 57.8 Å². The van der Waals surface area contributed by atoms with E-state index in [2.05, 4.69) is 15.5 Å². The van der Waals surface area contributed by atoms with Gasteiger partial charge in [-0.1, -0.05) is 65.7 Å². The first-order chi connectivity index (χ1) is 12.6. The molecule has 0 fully saturated rings. The van der Waals surface area contributed by atoms with Crippen molar-refractivity contribution >= 4 is 45.6 Å². The van der Waals surface area contributed by atoms with Crippen LogP contribution in [-0.4, -0.2) is 16.1 Å². The number of hydrogen-bond donors (Lipinski definition) is 2. The molecule has 0 aliphatic rings. The largest absolute Gasteiger partial charge is 0.319 e. The maximum absolute atomic E-state index is 12.5. The molecule has 0 saturated heterocycles. The van der Waals surface area contributed by atoms with Gasteiger partial charge < -0.3 is 5.32 Å². The highest BCUT2D eigenvalue weighted by Gasteiger charge is 2.14. The fourth-order valence-corrected chi connectivity index (χ4v) is 3.14. The van der Waals surface area contributed by atoms with Crippen molar-refractivity contribution in [3.05, 3.63) is 82.5 Å². The summed E-state index contributed by atoms with van der Waals surface area (Å²) in [4.78, 5) is 12.5. The number of fused-ring (bicyclic) bond motifs is 1. The van der Waals surface area contributed by atoms with Gasteiger partial charge in [0.2, 0.25) is 0 Å². The van der Waals surface area contributed by atoms with Crippen LogP contribution in [0.4, 0.5) is 5.69 Å². The molecule has 2 N–H and O–H groups in total. The van der Waals surface area contributed by atoms with Crippen molar-refractivity contribution < 1.29 is 4.79 Å². The smallest absolute Gasteiger partial charge is 0.273 e. The van der Waals surface area contributed by atoms with Crippen LogP contribution >= 0.6 is 23.2 Å². The van der Waals surface area contributed by atoms with Gasteiger partial charge in [-0.3, -0.25) is 9.89 Å². The van der Waals surface area contributed by atoms with E-state index in [1.165, 1.54) is 0 Å². The summed E-state index contributed by atoms with van der Waals surface area (Å²) in [6.07, 6.45) is 0. The average molecular weight is 382 g/mol. The van der Waals surface area contributed by atoms with E-state index in [0.717, 1.165) is 16.3 Å². The maximum atomic E-state index is 12.5. The Kier molecular flexibility index (Phi) is 4.37. The minimum absolute atomic E-state index is 0.337.